The molecule has 2 atom stereocenters. The summed E-state index contributed by atoms with van der Waals surface area (Å²) in [6, 6.07) is 10.3. The van der Waals surface area contributed by atoms with E-state index >= 15 is 0 Å². The van der Waals surface area contributed by atoms with Gasteiger partial charge < -0.3 is 4.74 Å². The van der Waals surface area contributed by atoms with Crippen LogP contribution in [0.4, 0.5) is 0 Å². The highest BCUT2D eigenvalue weighted by Crippen LogP contribution is 2.69. The van der Waals surface area contributed by atoms with Crippen molar-refractivity contribution in [2.45, 2.75) is 33.6 Å². The Hall–Kier alpha value is -2.90. The minimum atomic E-state index is -0.0724. The largest absolute Gasteiger partial charge is 0.488 e. The van der Waals surface area contributed by atoms with Gasteiger partial charge in [-0.3, -0.25) is 4.98 Å². The van der Waals surface area contributed by atoms with E-state index in [4.69, 9.17) is 4.74 Å². The normalized spacial score (nSPS) is 28.0. The first-order chi connectivity index (χ1) is 13.9. The number of fused-ring (bicyclic) bond motifs is 3. The van der Waals surface area contributed by atoms with Crippen molar-refractivity contribution in [3.8, 4) is 5.75 Å². The van der Waals surface area contributed by atoms with Gasteiger partial charge in [-0.05, 0) is 76.8 Å². The number of hydrogen-bond donors (Lipinski definition) is 0. The topological polar surface area (TPSA) is 39.2 Å². The molecule has 2 fully saturated rings. The van der Waals surface area contributed by atoms with Gasteiger partial charge in [0.05, 0.1) is 0 Å². The molecule has 3 heteroatoms. The quantitative estimate of drug-likeness (QED) is 0.633. The van der Waals surface area contributed by atoms with Crippen LogP contribution < -0.4 is 4.74 Å². The van der Waals surface area contributed by atoms with Gasteiger partial charge in [0.15, 0.2) is 0 Å². The van der Waals surface area contributed by atoms with Crippen LogP contribution >= 0.6 is 0 Å². The summed E-state index contributed by atoms with van der Waals surface area (Å²) in [5.74, 6) is 3.62. The molecule has 0 spiro atoms. The average Bonchev–Trinajstić information content (AvgIpc) is 3.05. The van der Waals surface area contributed by atoms with Crippen LogP contribution in [0.15, 0.2) is 53.9 Å². The third-order valence-electron chi connectivity index (χ3n) is 7.66. The van der Waals surface area contributed by atoms with Crippen molar-refractivity contribution in [3.05, 3.63) is 70.6 Å². The van der Waals surface area contributed by atoms with Gasteiger partial charge in [-0.1, -0.05) is 32.9 Å². The van der Waals surface area contributed by atoms with E-state index in [1.54, 1.807) is 12.4 Å². The summed E-state index contributed by atoms with van der Waals surface area (Å²) in [6.07, 6.45) is 10.2. The average molecular weight is 383 g/mol. The second-order valence-corrected chi connectivity index (χ2v) is 9.21. The summed E-state index contributed by atoms with van der Waals surface area (Å²) in [5, 5.41) is 0. The summed E-state index contributed by atoms with van der Waals surface area (Å²) in [6.45, 7) is 7.39. The lowest BCUT2D eigenvalue weighted by atomic mass is 9.69. The van der Waals surface area contributed by atoms with E-state index in [-0.39, 0.29) is 10.8 Å². The Balaban J connectivity index is 1.55. The SMILES string of the molecule is CC12CCC(C(=Cc3ccc4c(c3)C=C(c3ccncc3)CO4)C1=C=O)C2(C)C. The maximum Gasteiger partial charge on any atom is 0.128 e. The van der Waals surface area contributed by atoms with Crippen molar-refractivity contribution in [3.63, 3.8) is 0 Å². The van der Waals surface area contributed by atoms with Crippen molar-refractivity contribution < 1.29 is 9.53 Å². The van der Waals surface area contributed by atoms with Gasteiger partial charge in [0.1, 0.15) is 18.3 Å². The summed E-state index contributed by atoms with van der Waals surface area (Å²) in [4.78, 5) is 16.0. The molecule has 5 rings (SSSR count). The molecule has 29 heavy (non-hydrogen) atoms. The highest BCUT2D eigenvalue weighted by atomic mass is 16.5. The van der Waals surface area contributed by atoms with Gasteiger partial charge in [-0.2, -0.15) is 0 Å². The van der Waals surface area contributed by atoms with E-state index in [2.05, 4.69) is 56.0 Å². The lowest BCUT2D eigenvalue weighted by Crippen LogP contribution is -2.28. The number of benzene rings is 1. The first-order valence-electron chi connectivity index (χ1n) is 10.3. The van der Waals surface area contributed by atoms with Gasteiger partial charge in [0.25, 0.3) is 0 Å². The Morgan fingerprint density at radius 1 is 1.17 bits per heavy atom. The number of aromatic nitrogens is 1. The van der Waals surface area contributed by atoms with E-state index in [1.165, 1.54) is 5.57 Å². The van der Waals surface area contributed by atoms with Crippen LogP contribution in [0.3, 0.4) is 0 Å². The molecule has 2 saturated carbocycles. The molecule has 2 unspecified atom stereocenters. The van der Waals surface area contributed by atoms with Crippen LogP contribution in [0.5, 0.6) is 5.75 Å². The first kappa shape index (κ1) is 18.1. The second kappa shape index (κ2) is 6.30. The van der Waals surface area contributed by atoms with Crippen molar-refractivity contribution in [1.29, 1.82) is 0 Å². The second-order valence-electron chi connectivity index (χ2n) is 9.21. The summed E-state index contributed by atoms with van der Waals surface area (Å²) in [7, 11) is 0. The molecular formula is C26H25NO2. The Bertz CT molecular complexity index is 1100. The fourth-order valence-corrected chi connectivity index (χ4v) is 5.53. The van der Waals surface area contributed by atoms with Crippen molar-refractivity contribution >= 4 is 23.7 Å². The first-order valence-corrected chi connectivity index (χ1v) is 10.3. The lowest BCUT2D eigenvalue weighted by Gasteiger charge is -2.33. The van der Waals surface area contributed by atoms with Crippen LogP contribution in [0.1, 0.15) is 50.3 Å². The maximum absolute atomic E-state index is 11.9. The zero-order valence-electron chi connectivity index (χ0n) is 17.2. The standard InChI is InChI=1S/C26H25NO2/c1-25(2)22-6-9-26(25,3)23(15-28)21(22)13-17-4-5-24-19(12-17)14-20(16-29-24)18-7-10-27-11-8-18/h4-5,7-8,10-14,22H,6,9,16H2,1-3H3. The molecule has 0 amide bonds. The Labute approximate surface area is 171 Å². The van der Waals surface area contributed by atoms with Gasteiger partial charge in [-0.25, -0.2) is 4.79 Å². The Morgan fingerprint density at radius 3 is 2.72 bits per heavy atom. The van der Waals surface area contributed by atoms with Crippen molar-refractivity contribution in [1.82, 2.24) is 4.98 Å². The third kappa shape index (κ3) is 2.58. The molecule has 1 aliphatic heterocycles. The van der Waals surface area contributed by atoms with Crippen LogP contribution in [0, 0.1) is 16.7 Å². The monoisotopic (exact) mass is 383 g/mol. The van der Waals surface area contributed by atoms with Gasteiger partial charge >= 0.3 is 0 Å². The molecule has 1 aromatic heterocycles. The van der Waals surface area contributed by atoms with Gasteiger partial charge in [0, 0.05) is 28.9 Å². The highest BCUT2D eigenvalue weighted by molar-refractivity contribution is 5.86. The Kier molecular flexibility index (Phi) is 3.94. The summed E-state index contributed by atoms with van der Waals surface area (Å²) >= 11 is 0. The zero-order chi connectivity index (χ0) is 20.2. The van der Waals surface area contributed by atoms with Crippen molar-refractivity contribution in [2.24, 2.45) is 16.7 Å². The minimum Gasteiger partial charge on any atom is -0.488 e. The van der Waals surface area contributed by atoms with Crippen molar-refractivity contribution in [2.75, 3.05) is 6.61 Å². The number of pyridine rings is 1. The van der Waals surface area contributed by atoms with Gasteiger partial charge in [-0.15, -0.1) is 0 Å². The summed E-state index contributed by atoms with van der Waals surface area (Å²) < 4.78 is 5.98. The molecule has 3 nitrogen and oxygen atoms in total. The van der Waals surface area contributed by atoms with E-state index in [0.29, 0.717) is 12.5 Å². The minimum absolute atomic E-state index is 0.0724. The number of nitrogens with zero attached hydrogens (tertiary/aromatic N) is 1. The summed E-state index contributed by atoms with van der Waals surface area (Å²) in [5.41, 5.74) is 6.52. The zero-order valence-corrected chi connectivity index (χ0v) is 17.2. The van der Waals surface area contributed by atoms with E-state index in [9.17, 15) is 4.79 Å². The molecule has 2 bridgehead atoms. The molecular weight excluding hydrogens is 358 g/mol. The number of rotatable bonds is 2. The maximum atomic E-state index is 11.9. The molecule has 3 aliphatic rings. The molecule has 2 aromatic rings. The number of carbonyl (C=O) groups excluding carboxylic acids is 1. The van der Waals surface area contributed by atoms with Crippen LogP contribution in [0.2, 0.25) is 0 Å². The lowest BCUT2D eigenvalue weighted by molar-refractivity contribution is 0.183. The van der Waals surface area contributed by atoms with Crippen LogP contribution in [-0.2, 0) is 4.79 Å². The third-order valence-corrected chi connectivity index (χ3v) is 7.66. The molecule has 0 radical (unpaired) electrons. The Morgan fingerprint density at radius 2 is 1.97 bits per heavy atom. The number of ether oxygens (including phenoxy) is 1. The van der Waals surface area contributed by atoms with Gasteiger partial charge in [0.2, 0.25) is 0 Å². The predicted molar refractivity (Wildman–Crippen MR) is 116 cm³/mol. The molecule has 1 aromatic carbocycles. The van der Waals surface area contributed by atoms with Crippen LogP contribution in [0.25, 0.3) is 17.7 Å². The highest BCUT2D eigenvalue weighted by Gasteiger charge is 2.62. The molecule has 0 saturated heterocycles. The molecule has 2 heterocycles. The number of hydrogen-bond acceptors (Lipinski definition) is 3. The fourth-order valence-electron chi connectivity index (χ4n) is 5.53. The fraction of sp³-hybridized carbons (Fsp3) is 0.346. The molecule has 146 valence electrons. The van der Waals surface area contributed by atoms with E-state index < -0.39 is 0 Å². The molecule has 0 N–H and O–H groups in total. The predicted octanol–water partition coefficient (Wildman–Crippen LogP) is 5.61. The number of allylic oxidation sites excluding steroid dienone is 2. The van der Waals surface area contributed by atoms with E-state index in [1.807, 2.05) is 18.2 Å². The van der Waals surface area contributed by atoms with Crippen LogP contribution in [-0.4, -0.2) is 17.5 Å². The molecule has 2 aliphatic carbocycles. The smallest absolute Gasteiger partial charge is 0.128 e. The van der Waals surface area contributed by atoms with E-state index in [0.717, 1.165) is 46.4 Å².